The average molecular weight is 161 g/mol. The minimum Gasteiger partial charge on any atom is -0.331 e. The van der Waals surface area contributed by atoms with Gasteiger partial charge in [-0.05, 0) is 34.7 Å². The Balaban J connectivity index is 0. The molecule has 0 radical (unpaired) electrons. The fraction of sp³-hybridized carbons (Fsp3) is 1.00. The van der Waals surface area contributed by atoms with Gasteiger partial charge in [0.25, 0.3) is 0 Å². The summed E-state index contributed by atoms with van der Waals surface area (Å²) in [4.78, 5) is 4.36. The van der Waals surface area contributed by atoms with E-state index >= 15 is 0 Å². The van der Waals surface area contributed by atoms with Gasteiger partial charge in [0, 0.05) is 13.1 Å². The van der Waals surface area contributed by atoms with Crippen molar-refractivity contribution in [2.45, 2.75) is 6.92 Å². The van der Waals surface area contributed by atoms with Gasteiger partial charge in [-0.25, -0.2) is 0 Å². The Labute approximate surface area is 71.2 Å². The summed E-state index contributed by atoms with van der Waals surface area (Å²) in [6, 6.07) is 0. The molecule has 11 heavy (non-hydrogen) atoms. The Hall–Kier alpha value is -0.120. The number of rotatable bonds is 3. The van der Waals surface area contributed by atoms with Gasteiger partial charge in [-0.1, -0.05) is 6.92 Å². The molecule has 0 saturated heterocycles. The van der Waals surface area contributed by atoms with Crippen LogP contribution in [0.15, 0.2) is 0 Å². The lowest BCUT2D eigenvalue weighted by molar-refractivity contribution is 0.320. The van der Waals surface area contributed by atoms with E-state index in [9.17, 15) is 0 Å². The highest BCUT2D eigenvalue weighted by Gasteiger charge is 1.89. The molecule has 0 amide bonds. The third-order valence-electron chi connectivity index (χ3n) is 0.994. The van der Waals surface area contributed by atoms with E-state index < -0.39 is 0 Å². The van der Waals surface area contributed by atoms with Crippen molar-refractivity contribution in [1.82, 2.24) is 9.80 Å². The summed E-state index contributed by atoms with van der Waals surface area (Å²) in [5.74, 6) is 0. The monoisotopic (exact) mass is 161 g/mol. The molecule has 0 fully saturated rings. The smallest absolute Gasteiger partial charge is 0.0103 e. The van der Waals surface area contributed by atoms with Crippen LogP contribution in [-0.4, -0.2) is 57.6 Å². The summed E-state index contributed by atoms with van der Waals surface area (Å²) < 4.78 is 0. The molecule has 0 atom stereocenters. The van der Waals surface area contributed by atoms with Crippen LogP contribution in [0.5, 0.6) is 0 Å². The highest BCUT2D eigenvalue weighted by Crippen LogP contribution is 1.76. The number of hydrogen-bond donors (Lipinski definition) is 1. The topological polar surface area (TPSA) is 32.5 Å². The molecule has 0 bridgehead atoms. The maximum absolute atomic E-state index is 4.85. The predicted molar refractivity (Wildman–Crippen MR) is 51.8 cm³/mol. The Morgan fingerprint density at radius 1 is 0.909 bits per heavy atom. The first kappa shape index (κ1) is 13.5. The highest BCUT2D eigenvalue weighted by molar-refractivity contribution is 4.45. The van der Waals surface area contributed by atoms with Crippen molar-refractivity contribution < 1.29 is 0 Å². The fourth-order valence-corrected chi connectivity index (χ4v) is 0.400. The lowest BCUT2D eigenvalue weighted by Gasteiger charge is -2.13. The maximum atomic E-state index is 4.85. The summed E-state index contributed by atoms with van der Waals surface area (Å²) in [6.45, 7) is 4.94. The first-order chi connectivity index (χ1) is 5.04. The second-order valence-electron chi connectivity index (χ2n) is 3.01. The first-order valence-electron chi connectivity index (χ1n) is 4.04. The third kappa shape index (κ3) is 25.8. The minimum absolute atomic E-state index is 0.750. The van der Waals surface area contributed by atoms with E-state index in [2.05, 4.69) is 38.0 Å². The molecule has 0 aliphatic heterocycles. The molecule has 3 nitrogen and oxygen atoms in total. The molecule has 3 heteroatoms. The molecular formula is C8H23N3. The molecule has 0 unspecified atom stereocenters. The van der Waals surface area contributed by atoms with E-state index in [1.54, 1.807) is 0 Å². The average Bonchev–Trinajstić information content (AvgIpc) is 1.85. The van der Waals surface area contributed by atoms with Crippen LogP contribution >= 0.6 is 0 Å². The molecule has 0 aliphatic carbocycles. The van der Waals surface area contributed by atoms with Crippen molar-refractivity contribution in [3.8, 4) is 0 Å². The van der Waals surface area contributed by atoms with Crippen LogP contribution in [0.4, 0.5) is 0 Å². The quantitative estimate of drug-likeness (QED) is 0.636. The SMILES string of the molecule is CCN.CN(C)CCN(C)C. The van der Waals surface area contributed by atoms with Crippen molar-refractivity contribution in [3.63, 3.8) is 0 Å². The van der Waals surface area contributed by atoms with Gasteiger partial charge < -0.3 is 15.5 Å². The largest absolute Gasteiger partial charge is 0.331 e. The van der Waals surface area contributed by atoms with E-state index in [4.69, 9.17) is 5.73 Å². The second-order valence-corrected chi connectivity index (χ2v) is 3.01. The Bertz CT molecular complexity index is 54.4. The molecule has 0 heterocycles. The second kappa shape index (κ2) is 9.88. The van der Waals surface area contributed by atoms with Gasteiger partial charge in [0.15, 0.2) is 0 Å². The van der Waals surface area contributed by atoms with Gasteiger partial charge in [0.1, 0.15) is 0 Å². The van der Waals surface area contributed by atoms with Crippen molar-refractivity contribution in [1.29, 1.82) is 0 Å². The maximum Gasteiger partial charge on any atom is 0.0103 e. The van der Waals surface area contributed by atoms with E-state index in [1.807, 2.05) is 6.92 Å². The normalized spacial score (nSPS) is 9.82. The number of likely N-dealkylation sites (N-methyl/N-ethyl adjacent to an activating group) is 2. The summed E-state index contributed by atoms with van der Waals surface area (Å²) in [5.41, 5.74) is 4.85. The summed E-state index contributed by atoms with van der Waals surface area (Å²) in [6.07, 6.45) is 0. The summed E-state index contributed by atoms with van der Waals surface area (Å²) >= 11 is 0. The van der Waals surface area contributed by atoms with Gasteiger partial charge in [-0.3, -0.25) is 0 Å². The van der Waals surface area contributed by atoms with Crippen LogP contribution in [0.3, 0.4) is 0 Å². The zero-order valence-corrected chi connectivity index (χ0v) is 8.59. The molecule has 0 rings (SSSR count). The molecule has 0 aromatic heterocycles. The van der Waals surface area contributed by atoms with Crippen LogP contribution in [-0.2, 0) is 0 Å². The molecule has 0 aromatic rings. The number of hydrogen-bond acceptors (Lipinski definition) is 3. The lowest BCUT2D eigenvalue weighted by Crippen LogP contribution is -2.25. The fourth-order valence-electron chi connectivity index (χ4n) is 0.400. The van der Waals surface area contributed by atoms with E-state index in [0.29, 0.717) is 0 Å². The standard InChI is InChI=1S/C6H16N2.C2H7N/c1-7(2)5-6-8(3)4;1-2-3/h5-6H2,1-4H3;2-3H2,1H3. The number of nitrogens with two attached hydrogens (primary N) is 1. The van der Waals surface area contributed by atoms with Gasteiger partial charge >= 0.3 is 0 Å². The summed E-state index contributed by atoms with van der Waals surface area (Å²) in [7, 11) is 8.35. The first-order valence-corrected chi connectivity index (χ1v) is 4.04. The van der Waals surface area contributed by atoms with Crippen LogP contribution in [0.2, 0.25) is 0 Å². The lowest BCUT2D eigenvalue weighted by atomic mass is 10.5. The van der Waals surface area contributed by atoms with Crippen LogP contribution in [0.1, 0.15) is 6.92 Å². The van der Waals surface area contributed by atoms with E-state index in [1.165, 1.54) is 0 Å². The Kier molecular flexibility index (Phi) is 12.1. The third-order valence-corrected chi connectivity index (χ3v) is 0.994. The van der Waals surface area contributed by atoms with Crippen molar-refractivity contribution >= 4 is 0 Å². The van der Waals surface area contributed by atoms with Crippen molar-refractivity contribution in [2.24, 2.45) is 5.73 Å². The molecule has 0 aromatic carbocycles. The van der Waals surface area contributed by atoms with Crippen LogP contribution in [0.25, 0.3) is 0 Å². The molecule has 2 N–H and O–H groups in total. The van der Waals surface area contributed by atoms with Gasteiger partial charge in [0.2, 0.25) is 0 Å². The van der Waals surface area contributed by atoms with Gasteiger partial charge in [0.05, 0.1) is 0 Å². The summed E-state index contributed by atoms with van der Waals surface area (Å²) in [5, 5.41) is 0. The van der Waals surface area contributed by atoms with Gasteiger partial charge in [-0.15, -0.1) is 0 Å². The van der Waals surface area contributed by atoms with E-state index in [0.717, 1.165) is 19.6 Å². The van der Waals surface area contributed by atoms with Crippen LogP contribution in [0, 0.1) is 0 Å². The molecule has 0 spiro atoms. The molecule has 0 aliphatic rings. The molecular weight excluding hydrogens is 138 g/mol. The predicted octanol–water partition coefficient (Wildman–Crippen LogP) is 0.0746. The van der Waals surface area contributed by atoms with Crippen molar-refractivity contribution in [3.05, 3.63) is 0 Å². The van der Waals surface area contributed by atoms with Crippen LogP contribution < -0.4 is 5.73 Å². The molecule has 0 saturated carbocycles. The van der Waals surface area contributed by atoms with Crippen molar-refractivity contribution in [2.75, 3.05) is 47.8 Å². The molecule has 70 valence electrons. The Morgan fingerprint density at radius 2 is 1.09 bits per heavy atom. The van der Waals surface area contributed by atoms with Gasteiger partial charge in [-0.2, -0.15) is 0 Å². The zero-order valence-electron chi connectivity index (χ0n) is 8.59. The zero-order chi connectivity index (χ0) is 9.28. The highest BCUT2D eigenvalue weighted by atomic mass is 15.1. The Morgan fingerprint density at radius 3 is 1.18 bits per heavy atom. The number of nitrogens with zero attached hydrogens (tertiary/aromatic N) is 2. The van der Waals surface area contributed by atoms with E-state index in [-0.39, 0.29) is 0 Å². The minimum atomic E-state index is 0.750.